The van der Waals surface area contributed by atoms with Crippen LogP contribution in [0.2, 0.25) is 0 Å². The van der Waals surface area contributed by atoms with E-state index >= 15 is 0 Å². The maximum Gasteiger partial charge on any atom is 0.344 e. The summed E-state index contributed by atoms with van der Waals surface area (Å²) >= 11 is 0. The van der Waals surface area contributed by atoms with Gasteiger partial charge in [-0.1, -0.05) is 33.1 Å². The highest BCUT2D eigenvalue weighted by Crippen LogP contribution is 2.13. The Morgan fingerprint density at radius 2 is 1.67 bits per heavy atom. The highest BCUT2D eigenvalue weighted by molar-refractivity contribution is 7.91. The van der Waals surface area contributed by atoms with Crippen LogP contribution in [0, 0.1) is 5.92 Å². The number of carbonyl (C=O) groups is 2. The van der Waals surface area contributed by atoms with Crippen molar-refractivity contribution in [3.05, 3.63) is 0 Å². The zero-order valence-electron chi connectivity index (χ0n) is 15.4. The fourth-order valence-corrected chi connectivity index (χ4v) is 3.03. The first-order valence-corrected chi connectivity index (χ1v) is 10.5. The molecule has 1 unspecified atom stereocenters. The molecule has 0 fully saturated rings. The molecule has 0 saturated carbocycles. The van der Waals surface area contributed by atoms with Gasteiger partial charge in [0.2, 0.25) is 0 Å². The quantitative estimate of drug-likeness (QED) is 0.467. The van der Waals surface area contributed by atoms with Crippen LogP contribution in [0.4, 0.5) is 0 Å². The first-order valence-electron chi connectivity index (χ1n) is 8.75. The Balaban J connectivity index is 3.91. The lowest BCUT2D eigenvalue weighted by Gasteiger charge is -2.14. The Hall–Kier alpha value is -1.11. The molecule has 0 N–H and O–H groups in total. The van der Waals surface area contributed by atoms with Crippen molar-refractivity contribution in [2.24, 2.45) is 5.92 Å². The van der Waals surface area contributed by atoms with Crippen LogP contribution in [0.3, 0.4) is 0 Å². The summed E-state index contributed by atoms with van der Waals surface area (Å²) in [5.41, 5.74) is 0. The van der Waals surface area contributed by atoms with Crippen molar-refractivity contribution < 1.29 is 27.5 Å². The van der Waals surface area contributed by atoms with Crippen molar-refractivity contribution in [1.82, 2.24) is 0 Å². The van der Waals surface area contributed by atoms with E-state index in [2.05, 4.69) is 13.8 Å². The minimum atomic E-state index is -3.15. The Kier molecular flexibility index (Phi) is 11.7. The number of unbranched alkanes of at least 4 members (excludes halogenated alkanes) is 1. The lowest BCUT2D eigenvalue weighted by Crippen LogP contribution is -2.21. The molecule has 0 aromatic heterocycles. The molecule has 0 amide bonds. The van der Waals surface area contributed by atoms with Crippen LogP contribution in [-0.2, 0) is 28.9 Å². The summed E-state index contributed by atoms with van der Waals surface area (Å²) < 4.78 is 33.1. The van der Waals surface area contributed by atoms with Crippen LogP contribution in [0.1, 0.15) is 66.2 Å². The molecule has 0 aliphatic heterocycles. The molecule has 24 heavy (non-hydrogen) atoms. The third-order valence-corrected chi connectivity index (χ3v) is 6.20. The second-order valence-corrected chi connectivity index (χ2v) is 8.96. The van der Waals surface area contributed by atoms with Crippen LogP contribution in [0.15, 0.2) is 0 Å². The van der Waals surface area contributed by atoms with Crippen LogP contribution < -0.4 is 0 Å². The molecule has 0 aromatic rings. The summed E-state index contributed by atoms with van der Waals surface area (Å²) in [6, 6.07) is 0. The third-order valence-electron chi connectivity index (χ3n) is 3.90. The molecule has 0 rings (SSSR count). The SMILES string of the molecule is CCCCC(CC)COC(=O)COC(=O)CCCS(=O)(=O)C(C)C. The van der Waals surface area contributed by atoms with Crippen LogP contribution in [0.25, 0.3) is 0 Å². The maximum absolute atomic E-state index is 11.6. The van der Waals surface area contributed by atoms with Crippen LogP contribution in [0.5, 0.6) is 0 Å². The molecule has 0 bridgehead atoms. The Morgan fingerprint density at radius 1 is 1.00 bits per heavy atom. The molecule has 6 nitrogen and oxygen atoms in total. The van der Waals surface area contributed by atoms with Gasteiger partial charge in [0.05, 0.1) is 17.6 Å². The van der Waals surface area contributed by atoms with Crippen molar-refractivity contribution in [3.63, 3.8) is 0 Å². The van der Waals surface area contributed by atoms with Gasteiger partial charge in [0, 0.05) is 6.42 Å². The minimum absolute atomic E-state index is 0.0205. The Labute approximate surface area is 146 Å². The molecule has 0 aromatic carbocycles. The van der Waals surface area contributed by atoms with E-state index in [-0.39, 0.29) is 18.6 Å². The molecule has 0 radical (unpaired) electrons. The molecule has 0 spiro atoms. The predicted molar refractivity (Wildman–Crippen MR) is 93.4 cm³/mol. The zero-order chi connectivity index (χ0) is 18.6. The monoisotopic (exact) mass is 364 g/mol. The highest BCUT2D eigenvalue weighted by Gasteiger charge is 2.17. The van der Waals surface area contributed by atoms with Gasteiger partial charge >= 0.3 is 11.9 Å². The molecule has 1 atom stereocenters. The van der Waals surface area contributed by atoms with Gasteiger partial charge in [-0.15, -0.1) is 0 Å². The van der Waals surface area contributed by atoms with Crippen molar-refractivity contribution in [1.29, 1.82) is 0 Å². The van der Waals surface area contributed by atoms with E-state index in [0.29, 0.717) is 12.5 Å². The minimum Gasteiger partial charge on any atom is -0.463 e. The third kappa shape index (κ3) is 10.6. The molecular formula is C17H32O6S. The van der Waals surface area contributed by atoms with Gasteiger partial charge in [-0.05, 0) is 32.6 Å². The molecule has 0 heterocycles. The van der Waals surface area contributed by atoms with E-state index in [4.69, 9.17) is 9.47 Å². The summed E-state index contributed by atoms with van der Waals surface area (Å²) in [6.07, 6.45) is 4.34. The standard InChI is InChI=1S/C17H32O6S/c1-5-7-9-15(6-2)12-22-17(19)13-23-16(18)10-8-11-24(20,21)14(3)4/h14-15H,5-13H2,1-4H3. The predicted octanol–water partition coefficient (Wildman–Crippen LogP) is 2.89. The average Bonchev–Trinajstić information content (AvgIpc) is 2.52. The van der Waals surface area contributed by atoms with Crippen molar-refractivity contribution in [3.8, 4) is 0 Å². The first-order chi connectivity index (χ1) is 11.2. The average molecular weight is 365 g/mol. The number of hydrogen-bond donors (Lipinski definition) is 0. The molecule has 0 saturated heterocycles. The number of sulfone groups is 1. The first kappa shape index (κ1) is 22.9. The number of hydrogen-bond acceptors (Lipinski definition) is 6. The van der Waals surface area contributed by atoms with Crippen LogP contribution >= 0.6 is 0 Å². The zero-order valence-corrected chi connectivity index (χ0v) is 16.2. The molecular weight excluding hydrogens is 332 g/mol. The summed E-state index contributed by atoms with van der Waals surface area (Å²) in [4.78, 5) is 23.1. The number of ether oxygens (including phenoxy) is 2. The smallest absolute Gasteiger partial charge is 0.344 e. The van der Waals surface area contributed by atoms with E-state index in [9.17, 15) is 18.0 Å². The second kappa shape index (κ2) is 12.3. The lowest BCUT2D eigenvalue weighted by molar-refractivity contribution is -0.159. The second-order valence-electron chi connectivity index (χ2n) is 6.28. The molecule has 7 heteroatoms. The number of rotatable bonds is 13. The maximum atomic E-state index is 11.6. The van der Waals surface area contributed by atoms with Crippen LogP contribution in [-0.4, -0.2) is 44.6 Å². The normalized spacial score (nSPS) is 12.9. The fraction of sp³-hybridized carbons (Fsp3) is 0.882. The topological polar surface area (TPSA) is 86.7 Å². The van der Waals surface area contributed by atoms with Crippen molar-refractivity contribution in [2.75, 3.05) is 19.0 Å². The molecule has 0 aliphatic rings. The molecule has 0 aliphatic carbocycles. The van der Waals surface area contributed by atoms with Crippen molar-refractivity contribution in [2.45, 2.75) is 71.5 Å². The van der Waals surface area contributed by atoms with Gasteiger partial charge in [0.1, 0.15) is 0 Å². The van der Waals surface area contributed by atoms with Gasteiger partial charge < -0.3 is 9.47 Å². The molecule has 142 valence electrons. The van der Waals surface area contributed by atoms with E-state index < -0.39 is 33.6 Å². The summed E-state index contributed by atoms with van der Waals surface area (Å²) in [5, 5.41) is -0.456. The van der Waals surface area contributed by atoms with E-state index in [0.717, 1.165) is 25.7 Å². The highest BCUT2D eigenvalue weighted by atomic mass is 32.2. The number of esters is 2. The Bertz CT molecular complexity index is 469. The van der Waals surface area contributed by atoms with Gasteiger partial charge in [-0.25, -0.2) is 13.2 Å². The van der Waals surface area contributed by atoms with E-state index in [1.165, 1.54) is 0 Å². The summed E-state index contributed by atoms with van der Waals surface area (Å²) in [5.74, 6) is -0.859. The summed E-state index contributed by atoms with van der Waals surface area (Å²) in [6.45, 7) is 7.31. The van der Waals surface area contributed by atoms with Gasteiger partial charge in [-0.2, -0.15) is 0 Å². The van der Waals surface area contributed by atoms with Gasteiger partial charge in [-0.3, -0.25) is 4.79 Å². The van der Waals surface area contributed by atoms with Crippen molar-refractivity contribution >= 4 is 21.8 Å². The number of carbonyl (C=O) groups excluding carboxylic acids is 2. The fourth-order valence-electron chi connectivity index (χ4n) is 2.02. The van der Waals surface area contributed by atoms with Gasteiger partial charge in [0.25, 0.3) is 0 Å². The summed E-state index contributed by atoms with van der Waals surface area (Å²) in [7, 11) is -3.15. The van der Waals surface area contributed by atoms with Gasteiger partial charge in [0.15, 0.2) is 16.4 Å². The van der Waals surface area contributed by atoms with E-state index in [1.807, 2.05) is 0 Å². The largest absolute Gasteiger partial charge is 0.463 e. The lowest BCUT2D eigenvalue weighted by atomic mass is 10.0. The Morgan fingerprint density at radius 3 is 2.21 bits per heavy atom. The van der Waals surface area contributed by atoms with E-state index in [1.54, 1.807) is 13.8 Å².